The van der Waals surface area contributed by atoms with Gasteiger partial charge in [0.05, 0.1) is 12.7 Å². The summed E-state index contributed by atoms with van der Waals surface area (Å²) in [6.07, 6.45) is 3.52. The van der Waals surface area contributed by atoms with Crippen molar-refractivity contribution in [3.05, 3.63) is 0 Å². The molecule has 4 nitrogen and oxygen atoms in total. The molecule has 0 bridgehead atoms. The first-order valence-corrected chi connectivity index (χ1v) is 4.86. The molecule has 0 radical (unpaired) electrons. The summed E-state index contributed by atoms with van der Waals surface area (Å²) >= 11 is 0. The average molecular weight is 200 g/mol. The van der Waals surface area contributed by atoms with Gasteiger partial charge in [0.1, 0.15) is 5.60 Å². The van der Waals surface area contributed by atoms with Gasteiger partial charge in [-0.25, -0.2) is 0 Å². The standard InChI is InChI=1S/C10H16O4/c1-8(12)13-6-4-3-5-9-10(2,7-11)14-9/h7,9H,3-6H2,1-2H3/t9-,10-/m0/s1. The lowest BCUT2D eigenvalue weighted by Crippen LogP contribution is -2.11. The molecule has 0 saturated carbocycles. The number of epoxide rings is 1. The third-order valence-electron chi connectivity index (χ3n) is 2.38. The molecule has 0 aliphatic carbocycles. The minimum absolute atomic E-state index is 0.0670. The van der Waals surface area contributed by atoms with E-state index in [4.69, 9.17) is 9.47 Å². The maximum absolute atomic E-state index is 10.5. The number of aldehydes is 1. The van der Waals surface area contributed by atoms with Crippen LogP contribution in [0.1, 0.15) is 33.1 Å². The van der Waals surface area contributed by atoms with Gasteiger partial charge in [0.15, 0.2) is 6.29 Å². The number of esters is 1. The third-order valence-corrected chi connectivity index (χ3v) is 2.38. The molecular formula is C10H16O4. The molecule has 1 aliphatic rings. The van der Waals surface area contributed by atoms with Crippen LogP contribution in [0.3, 0.4) is 0 Å². The lowest BCUT2D eigenvalue weighted by molar-refractivity contribution is -0.141. The van der Waals surface area contributed by atoms with Crippen molar-refractivity contribution in [2.45, 2.75) is 44.8 Å². The van der Waals surface area contributed by atoms with E-state index >= 15 is 0 Å². The van der Waals surface area contributed by atoms with E-state index in [9.17, 15) is 9.59 Å². The van der Waals surface area contributed by atoms with Crippen LogP contribution in [-0.4, -0.2) is 30.6 Å². The fourth-order valence-corrected chi connectivity index (χ4v) is 1.37. The van der Waals surface area contributed by atoms with Crippen LogP contribution in [0.25, 0.3) is 0 Å². The molecule has 80 valence electrons. The van der Waals surface area contributed by atoms with Gasteiger partial charge in [0.2, 0.25) is 0 Å². The Labute approximate surface area is 83.6 Å². The number of unbranched alkanes of at least 4 members (excludes halogenated alkanes) is 1. The van der Waals surface area contributed by atoms with Gasteiger partial charge in [-0.05, 0) is 26.2 Å². The van der Waals surface area contributed by atoms with Gasteiger partial charge in [-0.1, -0.05) is 0 Å². The van der Waals surface area contributed by atoms with Crippen LogP contribution in [0, 0.1) is 0 Å². The van der Waals surface area contributed by atoms with Crippen molar-refractivity contribution in [2.75, 3.05) is 6.61 Å². The molecule has 0 aromatic carbocycles. The van der Waals surface area contributed by atoms with Gasteiger partial charge < -0.3 is 14.3 Å². The Balaban J connectivity index is 1.96. The molecule has 14 heavy (non-hydrogen) atoms. The molecule has 0 aromatic rings. The van der Waals surface area contributed by atoms with Crippen LogP contribution in [0.15, 0.2) is 0 Å². The lowest BCUT2D eigenvalue weighted by Gasteiger charge is -2.00. The van der Waals surface area contributed by atoms with Gasteiger partial charge in [-0.3, -0.25) is 4.79 Å². The zero-order chi connectivity index (χ0) is 10.6. The molecule has 0 N–H and O–H groups in total. The van der Waals surface area contributed by atoms with Crippen molar-refractivity contribution in [3.8, 4) is 0 Å². The highest BCUT2D eigenvalue weighted by Crippen LogP contribution is 2.37. The molecule has 4 heteroatoms. The second-order valence-electron chi connectivity index (χ2n) is 3.74. The Morgan fingerprint density at radius 1 is 1.57 bits per heavy atom. The first-order chi connectivity index (χ1) is 6.58. The normalized spacial score (nSPS) is 29.7. The third kappa shape index (κ3) is 3.10. The summed E-state index contributed by atoms with van der Waals surface area (Å²) in [4.78, 5) is 20.9. The summed E-state index contributed by atoms with van der Waals surface area (Å²) in [7, 11) is 0. The van der Waals surface area contributed by atoms with Gasteiger partial charge in [0.25, 0.3) is 0 Å². The van der Waals surface area contributed by atoms with E-state index in [-0.39, 0.29) is 12.1 Å². The molecule has 0 amide bonds. The highest BCUT2D eigenvalue weighted by molar-refractivity contribution is 5.66. The maximum Gasteiger partial charge on any atom is 0.302 e. The number of ether oxygens (including phenoxy) is 2. The van der Waals surface area contributed by atoms with E-state index in [1.807, 2.05) is 0 Å². The Morgan fingerprint density at radius 3 is 2.79 bits per heavy atom. The fraction of sp³-hybridized carbons (Fsp3) is 0.800. The van der Waals surface area contributed by atoms with E-state index in [2.05, 4.69) is 0 Å². The number of carbonyl (C=O) groups excluding carboxylic acids is 2. The molecule has 0 unspecified atom stereocenters. The largest absolute Gasteiger partial charge is 0.466 e. The van der Waals surface area contributed by atoms with Crippen molar-refractivity contribution in [3.63, 3.8) is 0 Å². The number of carbonyl (C=O) groups is 2. The van der Waals surface area contributed by atoms with E-state index < -0.39 is 5.60 Å². The highest BCUT2D eigenvalue weighted by Gasteiger charge is 2.51. The zero-order valence-electron chi connectivity index (χ0n) is 8.62. The van der Waals surface area contributed by atoms with Crippen LogP contribution in [0.5, 0.6) is 0 Å². The lowest BCUT2D eigenvalue weighted by atomic mass is 10.1. The molecule has 2 atom stereocenters. The van der Waals surface area contributed by atoms with Crippen LogP contribution >= 0.6 is 0 Å². The van der Waals surface area contributed by atoms with Gasteiger partial charge in [0, 0.05) is 6.92 Å². The molecule has 0 spiro atoms. The van der Waals surface area contributed by atoms with Crippen LogP contribution < -0.4 is 0 Å². The summed E-state index contributed by atoms with van der Waals surface area (Å²) in [5.74, 6) is -0.245. The summed E-state index contributed by atoms with van der Waals surface area (Å²) in [5, 5.41) is 0. The number of hydrogen-bond donors (Lipinski definition) is 0. The molecule has 1 rings (SSSR count). The SMILES string of the molecule is CC(=O)OCCCC[C@@H]1O[C@@]1(C)C=O. The maximum atomic E-state index is 10.5. The Kier molecular flexibility index (Phi) is 3.63. The van der Waals surface area contributed by atoms with Crippen molar-refractivity contribution in [1.82, 2.24) is 0 Å². The van der Waals surface area contributed by atoms with Crippen molar-refractivity contribution >= 4 is 12.3 Å². The zero-order valence-corrected chi connectivity index (χ0v) is 8.62. The Morgan fingerprint density at radius 2 is 2.29 bits per heavy atom. The number of hydrogen-bond acceptors (Lipinski definition) is 4. The van der Waals surface area contributed by atoms with E-state index in [1.165, 1.54) is 6.92 Å². The Bertz CT molecular complexity index is 226. The van der Waals surface area contributed by atoms with E-state index in [0.29, 0.717) is 6.61 Å². The molecule has 0 aromatic heterocycles. The molecule has 1 fully saturated rings. The van der Waals surface area contributed by atoms with Crippen LogP contribution in [0.2, 0.25) is 0 Å². The quantitative estimate of drug-likeness (QED) is 0.278. The molecule has 1 saturated heterocycles. The van der Waals surface area contributed by atoms with Crippen molar-refractivity contribution < 1.29 is 19.1 Å². The molecule has 1 heterocycles. The number of rotatable bonds is 6. The minimum Gasteiger partial charge on any atom is -0.466 e. The van der Waals surface area contributed by atoms with Gasteiger partial charge in [-0.15, -0.1) is 0 Å². The summed E-state index contributed by atoms with van der Waals surface area (Å²) < 4.78 is 9.98. The first kappa shape index (κ1) is 11.2. The van der Waals surface area contributed by atoms with E-state index in [1.54, 1.807) is 6.92 Å². The van der Waals surface area contributed by atoms with Crippen LogP contribution in [-0.2, 0) is 19.1 Å². The van der Waals surface area contributed by atoms with Crippen molar-refractivity contribution in [1.29, 1.82) is 0 Å². The summed E-state index contributed by atoms with van der Waals surface area (Å²) in [5.41, 5.74) is -0.540. The summed E-state index contributed by atoms with van der Waals surface area (Å²) in [6, 6.07) is 0. The minimum atomic E-state index is -0.540. The molecular weight excluding hydrogens is 184 g/mol. The highest BCUT2D eigenvalue weighted by atomic mass is 16.6. The second-order valence-corrected chi connectivity index (χ2v) is 3.74. The predicted molar refractivity (Wildman–Crippen MR) is 49.8 cm³/mol. The average Bonchev–Trinajstić information content (AvgIpc) is 2.77. The van der Waals surface area contributed by atoms with Gasteiger partial charge >= 0.3 is 5.97 Å². The molecule has 1 aliphatic heterocycles. The van der Waals surface area contributed by atoms with Crippen LogP contribution in [0.4, 0.5) is 0 Å². The fourth-order valence-electron chi connectivity index (χ4n) is 1.37. The predicted octanol–water partition coefficient (Wildman–Crippen LogP) is 1.08. The first-order valence-electron chi connectivity index (χ1n) is 4.86. The smallest absolute Gasteiger partial charge is 0.302 e. The summed E-state index contributed by atoms with van der Waals surface area (Å²) in [6.45, 7) is 3.64. The van der Waals surface area contributed by atoms with Gasteiger partial charge in [-0.2, -0.15) is 0 Å². The Hall–Kier alpha value is -0.900. The topological polar surface area (TPSA) is 55.9 Å². The van der Waals surface area contributed by atoms with E-state index in [0.717, 1.165) is 25.5 Å². The second kappa shape index (κ2) is 4.55. The van der Waals surface area contributed by atoms with Crippen molar-refractivity contribution in [2.24, 2.45) is 0 Å². The monoisotopic (exact) mass is 200 g/mol.